The molecule has 1 fully saturated rings. The van der Waals surface area contributed by atoms with Crippen LogP contribution >= 0.6 is 0 Å². The van der Waals surface area contributed by atoms with Gasteiger partial charge in [-0.15, -0.1) is 0 Å². The van der Waals surface area contributed by atoms with Crippen LogP contribution < -0.4 is 15.5 Å². The highest BCUT2D eigenvalue weighted by Crippen LogP contribution is 2.36. The summed E-state index contributed by atoms with van der Waals surface area (Å²) in [5, 5.41) is 2.78. The maximum absolute atomic E-state index is 12.2. The normalized spacial score (nSPS) is 18.5. The van der Waals surface area contributed by atoms with Crippen LogP contribution in [-0.2, 0) is 14.0 Å². The first-order valence-corrected chi connectivity index (χ1v) is 8.02. The largest absolute Gasteiger partial charge is 0.496 e. The number of carbonyl (C=O) groups excluding carboxylic acids is 1. The monoisotopic (exact) mass is 335 g/mol. The summed E-state index contributed by atoms with van der Waals surface area (Å²) in [5.41, 5.74) is 0.454. The van der Waals surface area contributed by atoms with E-state index in [2.05, 4.69) is 5.32 Å². The zero-order valence-electron chi connectivity index (χ0n) is 15.3. The number of benzene rings is 1. The van der Waals surface area contributed by atoms with Gasteiger partial charge in [-0.3, -0.25) is 4.79 Å². The maximum Gasteiger partial charge on any atom is 0.494 e. The fourth-order valence-corrected chi connectivity index (χ4v) is 2.38. The molecule has 0 spiro atoms. The van der Waals surface area contributed by atoms with E-state index in [0.717, 1.165) is 5.46 Å². The van der Waals surface area contributed by atoms with Crippen LogP contribution in [0, 0.1) is 0 Å². The molecule has 1 aliphatic heterocycles. The average Bonchev–Trinajstić information content (AvgIpc) is 2.75. The molecule has 1 heterocycles. The van der Waals surface area contributed by atoms with Gasteiger partial charge in [0.15, 0.2) is 0 Å². The van der Waals surface area contributed by atoms with E-state index in [4.69, 9.17) is 18.8 Å². The SMILES string of the molecule is COCCNC(=O)c1ccc(B2OC(C)(C)C(C)(C)O2)cc1OC. The molecule has 0 unspecified atom stereocenters. The van der Waals surface area contributed by atoms with E-state index < -0.39 is 18.3 Å². The highest BCUT2D eigenvalue weighted by atomic mass is 16.7. The van der Waals surface area contributed by atoms with Gasteiger partial charge in [-0.05, 0) is 45.3 Å². The molecule has 1 saturated heterocycles. The molecular weight excluding hydrogens is 309 g/mol. The van der Waals surface area contributed by atoms with Crippen molar-refractivity contribution in [2.45, 2.75) is 38.9 Å². The van der Waals surface area contributed by atoms with Crippen molar-refractivity contribution in [3.05, 3.63) is 23.8 Å². The summed E-state index contributed by atoms with van der Waals surface area (Å²) in [7, 11) is 2.64. The molecular formula is C17H26BNO5. The van der Waals surface area contributed by atoms with Crippen molar-refractivity contribution >= 4 is 18.5 Å². The molecule has 7 heteroatoms. The molecule has 6 nitrogen and oxygen atoms in total. The van der Waals surface area contributed by atoms with E-state index in [9.17, 15) is 4.79 Å². The van der Waals surface area contributed by atoms with Crippen molar-refractivity contribution in [3.8, 4) is 5.75 Å². The molecule has 1 aromatic carbocycles. The van der Waals surface area contributed by atoms with E-state index >= 15 is 0 Å². The van der Waals surface area contributed by atoms with Crippen LogP contribution in [0.25, 0.3) is 0 Å². The van der Waals surface area contributed by atoms with E-state index in [1.54, 1.807) is 19.2 Å². The van der Waals surface area contributed by atoms with Gasteiger partial charge in [0, 0.05) is 13.7 Å². The number of amides is 1. The molecule has 1 aliphatic rings. The fraction of sp³-hybridized carbons (Fsp3) is 0.588. The van der Waals surface area contributed by atoms with Crippen LogP contribution in [-0.4, -0.2) is 51.6 Å². The highest BCUT2D eigenvalue weighted by Gasteiger charge is 2.51. The Balaban J connectivity index is 2.19. The van der Waals surface area contributed by atoms with E-state index in [0.29, 0.717) is 24.5 Å². The standard InChI is InChI=1S/C17H26BNO5/c1-16(2)17(3,4)24-18(23-16)12-7-8-13(14(11-12)22-6)15(20)19-9-10-21-5/h7-8,11H,9-10H2,1-6H3,(H,19,20). The minimum Gasteiger partial charge on any atom is -0.496 e. The zero-order chi connectivity index (χ0) is 18.0. The Labute approximate surface area is 143 Å². The van der Waals surface area contributed by atoms with E-state index in [1.165, 1.54) is 7.11 Å². The van der Waals surface area contributed by atoms with Crippen LogP contribution in [0.5, 0.6) is 5.75 Å². The number of ether oxygens (including phenoxy) is 2. The number of carbonyl (C=O) groups is 1. The lowest BCUT2D eigenvalue weighted by molar-refractivity contribution is 0.00578. The summed E-state index contributed by atoms with van der Waals surface area (Å²) in [6.45, 7) is 8.91. The molecule has 2 rings (SSSR count). The van der Waals surface area contributed by atoms with Gasteiger partial charge in [-0.2, -0.15) is 0 Å². The zero-order valence-corrected chi connectivity index (χ0v) is 15.3. The second-order valence-corrected chi connectivity index (χ2v) is 6.80. The summed E-state index contributed by atoms with van der Waals surface area (Å²) >= 11 is 0. The summed E-state index contributed by atoms with van der Waals surface area (Å²) in [4.78, 5) is 12.2. The molecule has 1 amide bonds. The van der Waals surface area contributed by atoms with Gasteiger partial charge in [0.05, 0.1) is 30.5 Å². The first-order valence-electron chi connectivity index (χ1n) is 8.02. The number of nitrogens with one attached hydrogen (secondary N) is 1. The molecule has 0 saturated carbocycles. The van der Waals surface area contributed by atoms with Gasteiger partial charge < -0.3 is 24.1 Å². The van der Waals surface area contributed by atoms with Crippen molar-refractivity contribution in [2.24, 2.45) is 0 Å². The smallest absolute Gasteiger partial charge is 0.494 e. The van der Waals surface area contributed by atoms with Crippen molar-refractivity contribution in [1.82, 2.24) is 5.32 Å². The second-order valence-electron chi connectivity index (χ2n) is 6.80. The Morgan fingerprint density at radius 3 is 2.33 bits per heavy atom. The first kappa shape index (κ1) is 18.8. The van der Waals surface area contributed by atoms with Gasteiger partial charge in [0.25, 0.3) is 5.91 Å². The molecule has 0 atom stereocenters. The molecule has 0 aromatic heterocycles. The molecule has 24 heavy (non-hydrogen) atoms. The average molecular weight is 335 g/mol. The van der Waals surface area contributed by atoms with Gasteiger partial charge in [-0.1, -0.05) is 6.07 Å². The first-order chi connectivity index (χ1) is 11.2. The van der Waals surface area contributed by atoms with Gasteiger partial charge in [0.1, 0.15) is 5.75 Å². The van der Waals surface area contributed by atoms with E-state index in [1.807, 2.05) is 33.8 Å². The predicted octanol–water partition coefficient (Wildman–Crippen LogP) is 1.37. The topological polar surface area (TPSA) is 66.0 Å². The van der Waals surface area contributed by atoms with Crippen LogP contribution in [0.4, 0.5) is 0 Å². The van der Waals surface area contributed by atoms with Gasteiger partial charge in [0.2, 0.25) is 0 Å². The molecule has 1 aromatic rings. The Morgan fingerprint density at radius 2 is 1.79 bits per heavy atom. The maximum atomic E-state index is 12.2. The molecule has 0 bridgehead atoms. The Bertz CT molecular complexity index is 587. The van der Waals surface area contributed by atoms with Crippen molar-refractivity contribution < 1.29 is 23.6 Å². The Morgan fingerprint density at radius 1 is 1.17 bits per heavy atom. The second kappa shape index (κ2) is 7.13. The molecule has 132 valence electrons. The van der Waals surface area contributed by atoms with Crippen LogP contribution in [0.2, 0.25) is 0 Å². The summed E-state index contributed by atoms with van der Waals surface area (Å²) < 4.78 is 22.4. The molecule has 1 N–H and O–H groups in total. The third-order valence-corrected chi connectivity index (χ3v) is 4.59. The third-order valence-electron chi connectivity index (χ3n) is 4.59. The van der Waals surface area contributed by atoms with Gasteiger partial charge >= 0.3 is 7.12 Å². The summed E-state index contributed by atoms with van der Waals surface area (Å²) in [6, 6.07) is 5.34. The minimum atomic E-state index is -0.491. The lowest BCUT2D eigenvalue weighted by Gasteiger charge is -2.32. The van der Waals surface area contributed by atoms with Crippen molar-refractivity contribution in [2.75, 3.05) is 27.4 Å². The lowest BCUT2D eigenvalue weighted by atomic mass is 9.78. The highest BCUT2D eigenvalue weighted by molar-refractivity contribution is 6.62. The fourth-order valence-electron chi connectivity index (χ4n) is 2.38. The van der Waals surface area contributed by atoms with Crippen molar-refractivity contribution in [3.63, 3.8) is 0 Å². The third kappa shape index (κ3) is 3.74. The van der Waals surface area contributed by atoms with Crippen LogP contribution in [0.1, 0.15) is 38.1 Å². The minimum absolute atomic E-state index is 0.204. The van der Waals surface area contributed by atoms with Crippen LogP contribution in [0.15, 0.2) is 18.2 Å². The number of rotatable bonds is 6. The Kier molecular flexibility index (Phi) is 5.57. The molecule has 0 aliphatic carbocycles. The Hall–Kier alpha value is -1.57. The summed E-state index contributed by atoms with van der Waals surface area (Å²) in [6.07, 6.45) is 0. The number of hydrogen-bond acceptors (Lipinski definition) is 5. The molecule has 0 radical (unpaired) electrons. The van der Waals surface area contributed by atoms with Gasteiger partial charge in [-0.25, -0.2) is 0 Å². The quantitative estimate of drug-likeness (QED) is 0.628. The predicted molar refractivity (Wildman–Crippen MR) is 92.9 cm³/mol. The lowest BCUT2D eigenvalue weighted by Crippen LogP contribution is -2.41. The van der Waals surface area contributed by atoms with Crippen LogP contribution in [0.3, 0.4) is 0 Å². The van der Waals surface area contributed by atoms with E-state index in [-0.39, 0.29) is 5.91 Å². The number of methoxy groups -OCH3 is 2. The summed E-state index contributed by atoms with van der Waals surface area (Å²) in [5.74, 6) is 0.279. The van der Waals surface area contributed by atoms with Crippen molar-refractivity contribution in [1.29, 1.82) is 0 Å². The number of hydrogen-bond donors (Lipinski definition) is 1.